The van der Waals surface area contributed by atoms with Gasteiger partial charge in [0.05, 0.1) is 19.1 Å². The molecular formula is C14H15N3O5S2. The van der Waals surface area contributed by atoms with Gasteiger partial charge in [-0.05, 0) is 12.1 Å². The smallest absolute Gasteiger partial charge is 0.320 e. The van der Waals surface area contributed by atoms with Gasteiger partial charge in [0.15, 0.2) is 5.76 Å². The molecule has 1 saturated heterocycles. The van der Waals surface area contributed by atoms with E-state index in [0.29, 0.717) is 29.8 Å². The Morgan fingerprint density at radius 2 is 2.38 bits per heavy atom. The molecule has 0 bridgehead atoms. The molecule has 0 aliphatic carbocycles. The number of carbonyl (C=O) groups is 2. The second-order valence-corrected chi connectivity index (χ2v) is 7.10. The highest BCUT2D eigenvalue weighted by Crippen LogP contribution is 2.25. The molecule has 10 heteroatoms. The van der Waals surface area contributed by atoms with E-state index in [1.54, 1.807) is 17.0 Å². The van der Waals surface area contributed by atoms with Crippen LogP contribution in [0.2, 0.25) is 0 Å². The largest absolute Gasteiger partial charge is 0.468 e. The molecule has 1 amide bonds. The predicted molar refractivity (Wildman–Crippen MR) is 87.6 cm³/mol. The molecule has 2 aromatic rings. The van der Waals surface area contributed by atoms with Crippen LogP contribution < -0.4 is 0 Å². The molecule has 0 unspecified atom stereocenters. The van der Waals surface area contributed by atoms with Crippen molar-refractivity contribution in [3.63, 3.8) is 0 Å². The van der Waals surface area contributed by atoms with Gasteiger partial charge in [0, 0.05) is 18.8 Å². The molecule has 3 rings (SSSR count). The molecule has 3 heterocycles. The highest BCUT2D eigenvalue weighted by Gasteiger charge is 2.29. The number of hydrogen-bond acceptors (Lipinski definition) is 9. The van der Waals surface area contributed by atoms with Crippen LogP contribution in [0.4, 0.5) is 0 Å². The molecule has 0 N–H and O–H groups in total. The second kappa shape index (κ2) is 7.75. The molecular weight excluding hydrogens is 354 g/mol. The van der Waals surface area contributed by atoms with Gasteiger partial charge in [-0.25, -0.2) is 0 Å². The van der Waals surface area contributed by atoms with E-state index in [0.717, 1.165) is 11.8 Å². The SMILES string of the molecule is COC(=O)[C@@H]1CN(C(=O)CSc2nnc(-c3ccco3)o2)CCS1. The van der Waals surface area contributed by atoms with Crippen LogP contribution in [-0.4, -0.2) is 63.9 Å². The zero-order chi connectivity index (χ0) is 16.9. The van der Waals surface area contributed by atoms with Crippen LogP contribution in [0.3, 0.4) is 0 Å². The first-order valence-corrected chi connectivity index (χ1v) is 9.18. The number of carbonyl (C=O) groups excluding carboxylic acids is 2. The van der Waals surface area contributed by atoms with E-state index < -0.39 is 0 Å². The normalized spacial score (nSPS) is 17.7. The first-order chi connectivity index (χ1) is 11.7. The Morgan fingerprint density at radius 3 is 3.12 bits per heavy atom. The lowest BCUT2D eigenvalue weighted by molar-refractivity contribution is -0.141. The molecule has 1 atom stereocenters. The molecule has 1 aliphatic rings. The number of furan rings is 1. The highest BCUT2D eigenvalue weighted by atomic mass is 32.2. The van der Waals surface area contributed by atoms with Crippen molar-refractivity contribution < 1.29 is 23.2 Å². The fraction of sp³-hybridized carbons (Fsp3) is 0.429. The number of thioether (sulfide) groups is 2. The van der Waals surface area contributed by atoms with E-state index in [-0.39, 0.29) is 28.8 Å². The van der Waals surface area contributed by atoms with Gasteiger partial charge in [-0.2, -0.15) is 0 Å². The zero-order valence-corrected chi connectivity index (χ0v) is 14.5. The number of nitrogens with zero attached hydrogens (tertiary/aromatic N) is 3. The summed E-state index contributed by atoms with van der Waals surface area (Å²) in [6.07, 6.45) is 1.52. The second-order valence-electron chi connectivity index (χ2n) is 4.86. The van der Waals surface area contributed by atoms with Gasteiger partial charge < -0.3 is 18.5 Å². The van der Waals surface area contributed by atoms with E-state index in [9.17, 15) is 9.59 Å². The van der Waals surface area contributed by atoms with Crippen molar-refractivity contribution in [2.75, 3.05) is 31.7 Å². The van der Waals surface area contributed by atoms with Crippen molar-refractivity contribution in [1.82, 2.24) is 15.1 Å². The lowest BCUT2D eigenvalue weighted by Crippen LogP contribution is -2.45. The minimum atomic E-state index is -0.327. The minimum Gasteiger partial charge on any atom is -0.468 e. The maximum atomic E-state index is 12.3. The van der Waals surface area contributed by atoms with Crippen LogP contribution in [0, 0.1) is 0 Å². The monoisotopic (exact) mass is 369 g/mol. The van der Waals surface area contributed by atoms with Crippen molar-refractivity contribution in [3.05, 3.63) is 18.4 Å². The molecule has 8 nitrogen and oxygen atoms in total. The lowest BCUT2D eigenvalue weighted by atomic mass is 10.3. The van der Waals surface area contributed by atoms with Crippen LogP contribution in [0.5, 0.6) is 0 Å². The maximum Gasteiger partial charge on any atom is 0.320 e. The number of hydrogen-bond donors (Lipinski definition) is 0. The summed E-state index contributed by atoms with van der Waals surface area (Å²) < 4.78 is 15.4. The molecule has 1 aliphatic heterocycles. The van der Waals surface area contributed by atoms with Gasteiger partial charge in [0.25, 0.3) is 11.1 Å². The molecule has 0 radical (unpaired) electrons. The van der Waals surface area contributed by atoms with Crippen molar-refractivity contribution >= 4 is 35.4 Å². The van der Waals surface area contributed by atoms with Crippen LogP contribution in [0.25, 0.3) is 11.7 Å². The van der Waals surface area contributed by atoms with E-state index in [4.69, 9.17) is 13.6 Å². The number of ether oxygens (including phenoxy) is 1. The van der Waals surface area contributed by atoms with Gasteiger partial charge in [-0.15, -0.1) is 22.0 Å². The molecule has 0 spiro atoms. The average molecular weight is 369 g/mol. The van der Waals surface area contributed by atoms with Gasteiger partial charge in [-0.3, -0.25) is 9.59 Å². The Bertz CT molecular complexity index is 703. The Labute approximate surface area is 146 Å². The summed E-state index contributed by atoms with van der Waals surface area (Å²) in [5, 5.41) is 7.73. The Kier molecular flexibility index (Phi) is 5.46. The van der Waals surface area contributed by atoms with Gasteiger partial charge in [0.1, 0.15) is 5.25 Å². The number of methoxy groups -OCH3 is 1. The molecule has 1 fully saturated rings. The Hall–Kier alpha value is -1.94. The summed E-state index contributed by atoms with van der Waals surface area (Å²) in [5.74, 6) is 1.25. The number of rotatable bonds is 5. The third kappa shape index (κ3) is 3.93. The lowest BCUT2D eigenvalue weighted by Gasteiger charge is -2.30. The zero-order valence-electron chi connectivity index (χ0n) is 12.8. The molecule has 2 aromatic heterocycles. The summed E-state index contributed by atoms with van der Waals surface area (Å²) in [6.45, 7) is 0.969. The van der Waals surface area contributed by atoms with Crippen molar-refractivity contribution in [3.8, 4) is 11.7 Å². The first-order valence-electron chi connectivity index (χ1n) is 7.14. The van der Waals surface area contributed by atoms with E-state index in [1.165, 1.54) is 25.1 Å². The van der Waals surface area contributed by atoms with E-state index >= 15 is 0 Å². The molecule has 24 heavy (non-hydrogen) atoms. The van der Waals surface area contributed by atoms with Crippen molar-refractivity contribution in [1.29, 1.82) is 0 Å². The molecule has 0 saturated carbocycles. The van der Waals surface area contributed by atoms with E-state index in [1.807, 2.05) is 0 Å². The van der Waals surface area contributed by atoms with Gasteiger partial charge in [0.2, 0.25) is 5.91 Å². The Balaban J connectivity index is 1.53. The van der Waals surface area contributed by atoms with Crippen LogP contribution in [0.1, 0.15) is 0 Å². The Morgan fingerprint density at radius 1 is 1.50 bits per heavy atom. The van der Waals surface area contributed by atoms with Crippen LogP contribution >= 0.6 is 23.5 Å². The van der Waals surface area contributed by atoms with Crippen LogP contribution in [0.15, 0.2) is 32.5 Å². The predicted octanol–water partition coefficient (Wildman–Crippen LogP) is 1.54. The topological polar surface area (TPSA) is 98.7 Å². The summed E-state index contributed by atoms with van der Waals surface area (Å²) in [7, 11) is 1.35. The highest BCUT2D eigenvalue weighted by molar-refractivity contribution is 8.00. The third-order valence-corrected chi connectivity index (χ3v) is 5.31. The summed E-state index contributed by atoms with van der Waals surface area (Å²) in [5.41, 5.74) is 0. The molecule has 0 aromatic carbocycles. The van der Waals surface area contributed by atoms with Gasteiger partial charge in [-0.1, -0.05) is 11.8 Å². The number of esters is 1. The number of amides is 1. The quantitative estimate of drug-likeness (QED) is 0.574. The standard InChI is InChI=1S/C14H15N3O5S2/c1-20-13(19)10-7-17(4-6-23-10)11(18)8-24-14-16-15-12(22-14)9-3-2-5-21-9/h2-3,5,10H,4,6-8H2,1H3/t10-/m0/s1. The third-order valence-electron chi connectivity index (χ3n) is 3.34. The molecule has 128 valence electrons. The van der Waals surface area contributed by atoms with Crippen LogP contribution in [-0.2, 0) is 14.3 Å². The summed E-state index contributed by atoms with van der Waals surface area (Å²) in [4.78, 5) is 25.6. The van der Waals surface area contributed by atoms with Crippen molar-refractivity contribution in [2.45, 2.75) is 10.5 Å². The fourth-order valence-electron chi connectivity index (χ4n) is 2.13. The minimum absolute atomic E-state index is 0.0769. The van der Waals surface area contributed by atoms with Crippen molar-refractivity contribution in [2.24, 2.45) is 0 Å². The first kappa shape index (κ1) is 16.9. The van der Waals surface area contributed by atoms with E-state index in [2.05, 4.69) is 10.2 Å². The average Bonchev–Trinajstić information content (AvgIpc) is 3.30. The number of aromatic nitrogens is 2. The summed E-state index contributed by atoms with van der Waals surface area (Å²) in [6, 6.07) is 3.44. The van der Waals surface area contributed by atoms with Gasteiger partial charge >= 0.3 is 5.97 Å². The summed E-state index contributed by atoms with van der Waals surface area (Å²) >= 11 is 2.67. The fourth-order valence-corrected chi connectivity index (χ4v) is 3.93. The maximum absolute atomic E-state index is 12.3.